The molecule has 0 aliphatic heterocycles. The Morgan fingerprint density at radius 2 is 1.91 bits per heavy atom. The molecule has 2 N–H and O–H groups in total. The Balaban J connectivity index is 1.23. The van der Waals surface area contributed by atoms with Crippen molar-refractivity contribution >= 4 is 62.5 Å². The number of aliphatic carboxylic acids is 1. The molecule has 0 amide bonds. The number of hydrogen-bond donors (Lipinski definition) is 2. The van der Waals surface area contributed by atoms with E-state index >= 15 is 0 Å². The number of carboxylic acids is 1. The van der Waals surface area contributed by atoms with Gasteiger partial charge in [0.1, 0.15) is 9.85 Å². The number of fused-ring (bicyclic) bond motifs is 1. The third-order valence-corrected chi connectivity index (χ3v) is 12.9. The SMILES string of the molecule is CC(C)(CO)c1ccccc1CCC(SCC1(CC(=O)O)CC1)c1cccc(C2C[C@H]2c2ccc3sc(Cl)c(Cl)c3n2)c1. The van der Waals surface area contributed by atoms with Gasteiger partial charge in [0.05, 0.1) is 22.8 Å². The Morgan fingerprint density at radius 1 is 1.12 bits per heavy atom. The molecule has 226 valence electrons. The van der Waals surface area contributed by atoms with Crippen LogP contribution in [0.25, 0.3) is 10.2 Å². The molecule has 0 saturated heterocycles. The number of aryl methyl sites for hydroxylation is 1. The molecule has 0 radical (unpaired) electrons. The van der Waals surface area contributed by atoms with E-state index in [4.69, 9.17) is 28.2 Å². The van der Waals surface area contributed by atoms with E-state index in [9.17, 15) is 15.0 Å². The Morgan fingerprint density at radius 3 is 2.65 bits per heavy atom. The lowest BCUT2D eigenvalue weighted by Gasteiger charge is -2.27. The molecule has 2 aliphatic rings. The van der Waals surface area contributed by atoms with Crippen LogP contribution in [0.2, 0.25) is 9.36 Å². The van der Waals surface area contributed by atoms with E-state index in [1.165, 1.54) is 33.6 Å². The minimum absolute atomic E-state index is 0.0686. The Hall–Kier alpha value is -2.09. The topological polar surface area (TPSA) is 70.4 Å². The summed E-state index contributed by atoms with van der Waals surface area (Å²) in [6.45, 7) is 4.27. The number of rotatable bonds is 13. The lowest BCUT2D eigenvalue weighted by atomic mass is 9.81. The average molecular weight is 655 g/mol. The normalized spacial score (nSPS) is 19.8. The van der Waals surface area contributed by atoms with Crippen LogP contribution in [-0.2, 0) is 16.6 Å². The number of nitrogens with zero attached hydrogens (tertiary/aromatic N) is 1. The van der Waals surface area contributed by atoms with Crippen LogP contribution in [0.4, 0.5) is 0 Å². The monoisotopic (exact) mass is 653 g/mol. The quantitative estimate of drug-likeness (QED) is 0.150. The number of benzene rings is 2. The van der Waals surface area contributed by atoms with E-state index in [1.807, 2.05) is 17.8 Å². The van der Waals surface area contributed by atoms with Gasteiger partial charge in [-0.25, -0.2) is 4.98 Å². The van der Waals surface area contributed by atoms with Crippen LogP contribution in [0.15, 0.2) is 60.7 Å². The van der Waals surface area contributed by atoms with Gasteiger partial charge >= 0.3 is 5.97 Å². The van der Waals surface area contributed by atoms with Crippen molar-refractivity contribution in [3.8, 4) is 0 Å². The van der Waals surface area contributed by atoms with Gasteiger partial charge in [0.2, 0.25) is 0 Å². The summed E-state index contributed by atoms with van der Waals surface area (Å²) in [7, 11) is 0. The summed E-state index contributed by atoms with van der Waals surface area (Å²) in [6, 6.07) is 21.7. The molecule has 2 fully saturated rings. The van der Waals surface area contributed by atoms with Crippen molar-refractivity contribution < 1.29 is 15.0 Å². The predicted molar refractivity (Wildman–Crippen MR) is 180 cm³/mol. The van der Waals surface area contributed by atoms with Crippen LogP contribution in [0.3, 0.4) is 0 Å². The van der Waals surface area contributed by atoms with E-state index in [1.54, 1.807) is 0 Å². The lowest BCUT2D eigenvalue weighted by Crippen LogP contribution is -2.24. The summed E-state index contributed by atoms with van der Waals surface area (Å²) in [5.74, 6) is 0.932. The number of pyridine rings is 1. The lowest BCUT2D eigenvalue weighted by molar-refractivity contribution is -0.138. The maximum absolute atomic E-state index is 11.6. The van der Waals surface area contributed by atoms with E-state index in [-0.39, 0.29) is 29.1 Å². The van der Waals surface area contributed by atoms with Crippen molar-refractivity contribution in [3.63, 3.8) is 0 Å². The molecule has 3 atom stereocenters. The Kier molecular flexibility index (Phi) is 8.89. The van der Waals surface area contributed by atoms with Crippen molar-refractivity contribution in [2.24, 2.45) is 5.41 Å². The number of aromatic nitrogens is 1. The predicted octanol–water partition coefficient (Wildman–Crippen LogP) is 9.81. The number of carboxylic acid groups (broad SMARTS) is 1. The highest BCUT2D eigenvalue weighted by atomic mass is 35.5. The molecule has 8 heteroatoms. The third-order valence-electron chi connectivity index (χ3n) is 9.23. The highest BCUT2D eigenvalue weighted by Crippen LogP contribution is 2.56. The molecule has 43 heavy (non-hydrogen) atoms. The molecule has 2 unspecified atom stereocenters. The van der Waals surface area contributed by atoms with E-state index < -0.39 is 5.97 Å². The smallest absolute Gasteiger partial charge is 0.303 e. The molecule has 2 aromatic heterocycles. The minimum Gasteiger partial charge on any atom is -0.481 e. The third kappa shape index (κ3) is 6.79. The zero-order valence-electron chi connectivity index (χ0n) is 24.5. The zero-order chi connectivity index (χ0) is 30.4. The van der Waals surface area contributed by atoms with Gasteiger partial charge in [-0.3, -0.25) is 4.79 Å². The molecular weight excluding hydrogens is 617 g/mol. The van der Waals surface area contributed by atoms with Crippen molar-refractivity contribution in [2.75, 3.05) is 12.4 Å². The molecule has 4 nitrogen and oxygen atoms in total. The Bertz CT molecular complexity index is 1650. The number of thiophene rings is 1. The fraction of sp³-hybridized carbons (Fsp3) is 0.429. The number of hydrogen-bond acceptors (Lipinski definition) is 5. The maximum Gasteiger partial charge on any atom is 0.303 e. The molecule has 2 aromatic carbocycles. The fourth-order valence-corrected chi connectivity index (χ4v) is 9.27. The van der Waals surface area contributed by atoms with Crippen LogP contribution in [0, 0.1) is 5.41 Å². The highest BCUT2D eigenvalue weighted by Gasteiger charge is 2.45. The second-order valence-electron chi connectivity index (χ2n) is 13.0. The van der Waals surface area contributed by atoms with Gasteiger partial charge in [0.15, 0.2) is 0 Å². The van der Waals surface area contributed by atoms with E-state index in [0.29, 0.717) is 21.2 Å². The number of aliphatic hydroxyl groups is 1. The molecule has 2 heterocycles. The number of carbonyl (C=O) groups is 1. The van der Waals surface area contributed by atoms with Crippen molar-refractivity contribution in [3.05, 3.63) is 98.0 Å². The molecule has 4 aromatic rings. The number of aliphatic hydroxyl groups excluding tert-OH is 1. The van der Waals surface area contributed by atoms with Gasteiger partial charge < -0.3 is 10.2 Å². The summed E-state index contributed by atoms with van der Waals surface area (Å²) < 4.78 is 1.60. The molecule has 2 aliphatic carbocycles. The molecule has 6 rings (SSSR count). The summed E-state index contributed by atoms with van der Waals surface area (Å²) in [4.78, 5) is 16.5. The number of thioether (sulfide) groups is 1. The largest absolute Gasteiger partial charge is 0.481 e. The first kappa shape index (κ1) is 30.9. The van der Waals surface area contributed by atoms with Gasteiger partial charge in [-0.05, 0) is 77.8 Å². The fourth-order valence-electron chi connectivity index (χ4n) is 6.29. The molecular formula is C35H37Cl2NO3S2. The highest BCUT2D eigenvalue weighted by molar-refractivity contribution is 7.99. The average Bonchev–Trinajstić information content (AvgIpc) is 3.92. The Labute approximate surface area is 271 Å². The van der Waals surface area contributed by atoms with Crippen LogP contribution in [0.5, 0.6) is 0 Å². The molecule has 0 bridgehead atoms. The van der Waals surface area contributed by atoms with Crippen LogP contribution < -0.4 is 0 Å². The van der Waals surface area contributed by atoms with Gasteiger partial charge in [-0.15, -0.1) is 11.3 Å². The van der Waals surface area contributed by atoms with Gasteiger partial charge in [-0.1, -0.05) is 85.6 Å². The first-order chi connectivity index (χ1) is 20.6. The van der Waals surface area contributed by atoms with Crippen molar-refractivity contribution in [2.45, 2.75) is 74.9 Å². The van der Waals surface area contributed by atoms with Crippen LogP contribution >= 0.6 is 46.3 Å². The summed E-state index contributed by atoms with van der Waals surface area (Å²) in [6.07, 6.45) is 5.13. The molecule has 0 spiro atoms. The van der Waals surface area contributed by atoms with Crippen molar-refractivity contribution in [1.29, 1.82) is 0 Å². The van der Waals surface area contributed by atoms with Crippen molar-refractivity contribution in [1.82, 2.24) is 4.98 Å². The summed E-state index contributed by atoms with van der Waals surface area (Å²) >= 11 is 16.1. The standard InChI is InChI=1S/C35H37Cl2NO3S2/c1-34(2,19-39)26-9-4-3-6-21(26)10-12-28(42-20-35(14-15-35)18-30(40)41)23-8-5-7-22(16-23)24-17-25(24)27-11-13-29-32(38-27)31(36)33(37)43-29/h3-9,11,13,16,24-25,28,39H,10,12,14-15,17-20H2,1-2H3,(H,40,41)/t24?,25-,28?/m1/s1. The second-order valence-corrected chi connectivity index (χ2v) is 16.2. The van der Waals surface area contributed by atoms with Crippen LogP contribution in [0.1, 0.15) is 91.0 Å². The van der Waals surface area contributed by atoms with E-state index in [2.05, 4.69) is 68.4 Å². The first-order valence-electron chi connectivity index (χ1n) is 15.0. The van der Waals surface area contributed by atoms with Gasteiger partial charge in [-0.2, -0.15) is 11.8 Å². The first-order valence-corrected chi connectivity index (χ1v) is 17.6. The van der Waals surface area contributed by atoms with E-state index in [0.717, 1.165) is 53.8 Å². The summed E-state index contributed by atoms with van der Waals surface area (Å²) in [5, 5.41) is 20.4. The second kappa shape index (κ2) is 12.4. The van der Waals surface area contributed by atoms with Gasteiger partial charge in [0, 0.05) is 28.0 Å². The van der Waals surface area contributed by atoms with Crippen LogP contribution in [-0.4, -0.2) is 33.5 Å². The number of halogens is 2. The van der Waals surface area contributed by atoms with Gasteiger partial charge in [0.25, 0.3) is 0 Å². The minimum atomic E-state index is -0.700. The molecule has 2 saturated carbocycles. The zero-order valence-corrected chi connectivity index (χ0v) is 27.6. The summed E-state index contributed by atoms with van der Waals surface area (Å²) in [5.41, 5.74) is 6.58. The maximum atomic E-state index is 11.6.